The number of benzene rings is 11. The molecule has 380 valence electrons. The maximum absolute atomic E-state index is 14.8. The number of hydrogen-bond acceptors (Lipinski definition) is 2. The van der Waals surface area contributed by atoms with Gasteiger partial charge >= 0.3 is 6.18 Å². The average molecular weight is 1040 g/mol. The first-order valence-corrected chi connectivity index (χ1v) is 26.7. The molecule has 0 spiro atoms. The van der Waals surface area contributed by atoms with Crippen LogP contribution >= 0.6 is 0 Å². The van der Waals surface area contributed by atoms with Crippen LogP contribution in [0.3, 0.4) is 0 Å². The van der Waals surface area contributed by atoms with Gasteiger partial charge in [0.2, 0.25) is 0 Å². The first-order valence-electron chi connectivity index (χ1n) is 26.7. The van der Waals surface area contributed by atoms with Gasteiger partial charge in [0.25, 0.3) is 0 Å². The van der Waals surface area contributed by atoms with Gasteiger partial charge in [0, 0.05) is 71.5 Å². The number of para-hydroxylation sites is 4. The Kier molecular flexibility index (Phi) is 10.8. The Balaban J connectivity index is 1.04. The second kappa shape index (κ2) is 18.4. The van der Waals surface area contributed by atoms with Crippen LogP contribution in [0.2, 0.25) is 0 Å². The Hall–Kier alpha value is -10.3. The highest BCUT2D eigenvalue weighted by molar-refractivity contribution is 6.13. The summed E-state index contributed by atoms with van der Waals surface area (Å²) in [4.78, 5) is 10.6. The molecule has 0 saturated heterocycles. The van der Waals surface area contributed by atoms with Crippen molar-refractivity contribution >= 4 is 65.4 Å². The lowest BCUT2D eigenvalue weighted by Gasteiger charge is -2.22. The Morgan fingerprint density at radius 1 is 0.312 bits per heavy atom. The van der Waals surface area contributed by atoms with Gasteiger partial charge in [-0.2, -0.15) is 13.2 Å². The van der Waals surface area contributed by atoms with Crippen molar-refractivity contribution in [1.82, 2.24) is 23.7 Å². The molecule has 4 heterocycles. The van der Waals surface area contributed by atoms with Crippen molar-refractivity contribution in [1.29, 1.82) is 0 Å². The molecule has 11 aromatic carbocycles. The maximum atomic E-state index is 14.8. The van der Waals surface area contributed by atoms with Crippen LogP contribution in [0.5, 0.6) is 0 Å². The molecule has 0 aliphatic heterocycles. The zero-order valence-electron chi connectivity index (χ0n) is 43.2. The molecular weight excluding hydrogens is 992 g/mol. The van der Waals surface area contributed by atoms with Crippen molar-refractivity contribution in [2.24, 2.45) is 0 Å². The van der Waals surface area contributed by atoms with Crippen molar-refractivity contribution in [3.8, 4) is 73.2 Å². The van der Waals surface area contributed by atoms with Crippen LogP contribution in [0.25, 0.3) is 139 Å². The molecular formula is C72H46F3N5. The van der Waals surface area contributed by atoms with E-state index in [0.29, 0.717) is 22.4 Å². The van der Waals surface area contributed by atoms with E-state index >= 15 is 0 Å². The molecule has 0 fully saturated rings. The minimum Gasteiger partial charge on any atom is -0.309 e. The molecule has 15 rings (SSSR count). The molecule has 0 aliphatic carbocycles. The molecule has 80 heavy (non-hydrogen) atoms. The van der Waals surface area contributed by atoms with E-state index in [1.54, 1.807) is 6.07 Å². The van der Waals surface area contributed by atoms with Gasteiger partial charge < -0.3 is 13.7 Å². The fraction of sp³-hybridized carbons (Fsp3) is 0.0278. The van der Waals surface area contributed by atoms with Crippen molar-refractivity contribution in [2.75, 3.05) is 0 Å². The molecule has 0 unspecified atom stereocenters. The average Bonchev–Trinajstić information content (AvgIpc) is 4.31. The van der Waals surface area contributed by atoms with E-state index in [4.69, 9.17) is 9.97 Å². The number of fused-ring (bicyclic) bond motifs is 9. The van der Waals surface area contributed by atoms with Crippen molar-refractivity contribution in [2.45, 2.75) is 13.1 Å². The third-order valence-corrected chi connectivity index (χ3v) is 15.7. The first-order chi connectivity index (χ1) is 39.2. The van der Waals surface area contributed by atoms with Crippen LogP contribution in [0.1, 0.15) is 11.1 Å². The van der Waals surface area contributed by atoms with Crippen LogP contribution < -0.4 is 0 Å². The van der Waals surface area contributed by atoms with E-state index in [-0.39, 0.29) is 0 Å². The molecule has 0 atom stereocenters. The summed E-state index contributed by atoms with van der Waals surface area (Å²) < 4.78 is 51.1. The van der Waals surface area contributed by atoms with Gasteiger partial charge in [-0.3, -0.25) is 0 Å². The minimum atomic E-state index is -4.55. The van der Waals surface area contributed by atoms with E-state index in [1.165, 1.54) is 33.7 Å². The molecule has 0 N–H and O–H groups in total. The zero-order chi connectivity index (χ0) is 53.6. The standard InChI is InChI=1S/C72H46F3N5/c1-45-28-38-68-60(40-45)61-43-51(72(73,74)75)33-39-69(61)80(68)70-58(46-29-34-52(35-30-46)78-64-24-12-8-20-54(64)55-21-9-13-25-65(55)78)41-50(63-44-62(48-16-4-2-5-17-48)76-71(77-63)49-18-6-3-7-19-49)42-59(70)47-31-36-53(37-32-47)79-66-26-14-10-22-56(66)57-23-11-15-27-67(57)79/h2-44H,1H3. The first kappa shape index (κ1) is 46.9. The van der Waals surface area contributed by atoms with Crippen molar-refractivity contribution < 1.29 is 13.2 Å². The van der Waals surface area contributed by atoms with Gasteiger partial charge in [-0.15, -0.1) is 0 Å². The molecule has 15 aromatic rings. The van der Waals surface area contributed by atoms with Crippen LogP contribution in [0, 0.1) is 6.92 Å². The number of halogens is 3. The summed E-state index contributed by atoms with van der Waals surface area (Å²) in [7, 11) is 0. The Labute approximate surface area is 458 Å². The Morgan fingerprint density at radius 2 is 0.713 bits per heavy atom. The number of nitrogens with zero attached hydrogens (tertiary/aromatic N) is 5. The van der Waals surface area contributed by atoms with Crippen LogP contribution in [-0.2, 0) is 6.18 Å². The lowest BCUT2D eigenvalue weighted by molar-refractivity contribution is -0.137. The number of hydrogen-bond donors (Lipinski definition) is 0. The number of rotatable bonds is 8. The second-order valence-corrected chi connectivity index (χ2v) is 20.5. The van der Waals surface area contributed by atoms with Gasteiger partial charge in [-0.25, -0.2) is 9.97 Å². The van der Waals surface area contributed by atoms with Gasteiger partial charge in [0.15, 0.2) is 5.82 Å². The van der Waals surface area contributed by atoms with Crippen LogP contribution in [0.4, 0.5) is 13.2 Å². The molecule has 8 heteroatoms. The van der Waals surface area contributed by atoms with Gasteiger partial charge in [-0.1, -0.05) is 169 Å². The minimum absolute atomic E-state index is 0.513. The summed E-state index contributed by atoms with van der Waals surface area (Å²) in [6, 6.07) is 88.1. The maximum Gasteiger partial charge on any atom is 0.416 e. The second-order valence-electron chi connectivity index (χ2n) is 20.5. The van der Waals surface area contributed by atoms with Gasteiger partial charge in [-0.05, 0) is 115 Å². The molecule has 4 aromatic heterocycles. The fourth-order valence-corrected chi connectivity index (χ4v) is 12.1. The third-order valence-electron chi connectivity index (χ3n) is 15.7. The highest BCUT2D eigenvalue weighted by Gasteiger charge is 2.32. The lowest BCUT2D eigenvalue weighted by Crippen LogP contribution is -2.05. The summed E-state index contributed by atoms with van der Waals surface area (Å²) >= 11 is 0. The van der Waals surface area contributed by atoms with E-state index in [0.717, 1.165) is 100 Å². The van der Waals surface area contributed by atoms with E-state index in [9.17, 15) is 13.2 Å². The zero-order valence-corrected chi connectivity index (χ0v) is 43.2. The van der Waals surface area contributed by atoms with Gasteiger partial charge in [0.1, 0.15) is 0 Å². The summed E-state index contributed by atoms with van der Waals surface area (Å²) in [6.07, 6.45) is -4.55. The number of aromatic nitrogens is 5. The fourth-order valence-electron chi connectivity index (χ4n) is 12.1. The quantitative estimate of drug-likeness (QED) is 0.152. The van der Waals surface area contributed by atoms with Gasteiger partial charge in [0.05, 0.1) is 55.7 Å². The predicted octanol–water partition coefficient (Wildman–Crippen LogP) is 19.4. The largest absolute Gasteiger partial charge is 0.416 e. The predicted molar refractivity (Wildman–Crippen MR) is 322 cm³/mol. The van der Waals surface area contributed by atoms with E-state index in [2.05, 4.69) is 190 Å². The van der Waals surface area contributed by atoms with Crippen LogP contribution in [0.15, 0.2) is 261 Å². The molecule has 0 radical (unpaired) electrons. The lowest BCUT2D eigenvalue weighted by atomic mass is 9.91. The molecule has 5 nitrogen and oxygen atoms in total. The smallest absolute Gasteiger partial charge is 0.309 e. The van der Waals surface area contributed by atoms with Crippen molar-refractivity contribution in [3.63, 3.8) is 0 Å². The molecule has 0 amide bonds. The normalized spacial score (nSPS) is 12.0. The molecule has 0 aliphatic rings. The topological polar surface area (TPSA) is 40.6 Å². The number of aryl methyl sites for hydroxylation is 1. The summed E-state index contributed by atoms with van der Waals surface area (Å²) in [6.45, 7) is 1.98. The highest BCUT2D eigenvalue weighted by atomic mass is 19.4. The summed E-state index contributed by atoms with van der Waals surface area (Å²) in [5, 5.41) is 5.91. The Bertz CT molecular complexity index is 4570. The van der Waals surface area contributed by atoms with Crippen LogP contribution in [-0.4, -0.2) is 23.7 Å². The number of alkyl halides is 3. The third kappa shape index (κ3) is 7.70. The summed E-state index contributed by atoms with van der Waals surface area (Å²) in [5.41, 5.74) is 16.5. The highest BCUT2D eigenvalue weighted by Crippen LogP contribution is 2.46. The molecule has 0 saturated carbocycles. The van der Waals surface area contributed by atoms with Crippen molar-refractivity contribution in [3.05, 3.63) is 272 Å². The molecule has 0 bridgehead atoms. The Morgan fingerprint density at radius 3 is 1.19 bits per heavy atom. The summed E-state index contributed by atoms with van der Waals surface area (Å²) in [5.74, 6) is 0.582. The SMILES string of the molecule is Cc1ccc2c(c1)c1cc(C(F)(F)F)ccc1n2-c1c(-c2ccc(-n3c4ccccc4c4ccccc43)cc2)cc(-c2cc(-c3ccccc3)nc(-c3ccccc3)n2)cc1-c1ccc(-n2c3ccccc3c3ccccc32)cc1. The van der Waals surface area contributed by atoms with E-state index in [1.807, 2.05) is 73.7 Å². The van der Waals surface area contributed by atoms with E-state index < -0.39 is 11.7 Å². The monoisotopic (exact) mass is 1040 g/mol.